The second-order valence-corrected chi connectivity index (χ2v) is 4.68. The molecule has 0 fully saturated rings. The number of carboxylic acid groups (broad SMARTS) is 1. The molecule has 0 amide bonds. The van der Waals surface area contributed by atoms with Crippen LogP contribution in [-0.4, -0.2) is 22.9 Å². The highest BCUT2D eigenvalue weighted by molar-refractivity contribution is 6.01. The fourth-order valence-corrected chi connectivity index (χ4v) is 2.49. The Morgan fingerprint density at radius 2 is 1.91 bits per heavy atom. The molecule has 5 nitrogen and oxygen atoms in total. The quantitative estimate of drug-likeness (QED) is 0.705. The van der Waals surface area contributed by atoms with Crippen LogP contribution in [0, 0.1) is 0 Å². The highest BCUT2D eigenvalue weighted by Gasteiger charge is 2.19. The number of nitrogens with one attached hydrogen (secondary N) is 1. The maximum atomic E-state index is 10.9. The molecule has 2 N–H and O–H groups in total. The van der Waals surface area contributed by atoms with Crippen LogP contribution in [0.1, 0.15) is 6.92 Å². The Morgan fingerprint density at radius 1 is 1.14 bits per heavy atom. The molecule has 0 radical (unpaired) electrons. The maximum Gasteiger partial charge on any atom is 0.512 e. The van der Waals surface area contributed by atoms with E-state index < -0.39 is 6.16 Å². The summed E-state index contributed by atoms with van der Waals surface area (Å²) < 4.78 is 10.4. The van der Waals surface area contributed by atoms with Crippen LogP contribution in [0.15, 0.2) is 48.5 Å². The van der Waals surface area contributed by atoms with Gasteiger partial charge in [-0.15, -0.1) is 0 Å². The van der Waals surface area contributed by atoms with Crippen LogP contribution >= 0.6 is 0 Å². The first kappa shape index (κ1) is 14.0. The summed E-state index contributed by atoms with van der Waals surface area (Å²) >= 11 is 0. The number of aromatic amines is 1. The largest absolute Gasteiger partial charge is 0.512 e. The number of hydrogen-bond acceptors (Lipinski definition) is 3. The van der Waals surface area contributed by atoms with Gasteiger partial charge in [-0.05, 0) is 24.1 Å². The molecule has 22 heavy (non-hydrogen) atoms. The predicted molar refractivity (Wildman–Crippen MR) is 83.6 cm³/mol. The number of H-pyrrole nitrogens is 1. The van der Waals surface area contributed by atoms with Crippen molar-refractivity contribution in [3.05, 3.63) is 48.5 Å². The summed E-state index contributed by atoms with van der Waals surface area (Å²) in [6, 6.07) is 15.6. The van der Waals surface area contributed by atoms with Gasteiger partial charge in [-0.1, -0.05) is 42.5 Å². The van der Waals surface area contributed by atoms with Crippen molar-refractivity contribution in [3.8, 4) is 22.8 Å². The van der Waals surface area contributed by atoms with Gasteiger partial charge in [0.05, 0.1) is 17.5 Å². The predicted octanol–water partition coefficient (Wildman–Crippen LogP) is 4.29. The molecular formula is C17H15NO4. The van der Waals surface area contributed by atoms with Crippen molar-refractivity contribution < 1.29 is 19.4 Å². The Kier molecular flexibility index (Phi) is 3.70. The minimum atomic E-state index is -1.38. The highest BCUT2D eigenvalue weighted by Crippen LogP contribution is 2.41. The first-order valence-corrected chi connectivity index (χ1v) is 6.94. The second-order valence-electron chi connectivity index (χ2n) is 4.68. The van der Waals surface area contributed by atoms with Crippen LogP contribution in [0.2, 0.25) is 0 Å². The maximum absolute atomic E-state index is 10.9. The number of fused-ring (bicyclic) bond motifs is 1. The molecule has 0 spiro atoms. The van der Waals surface area contributed by atoms with E-state index in [1.807, 2.05) is 55.5 Å². The van der Waals surface area contributed by atoms with E-state index >= 15 is 0 Å². The van der Waals surface area contributed by atoms with Gasteiger partial charge < -0.3 is 19.6 Å². The SMILES string of the molecule is CCOc1c(OC(=O)O)[nH]c2cccc(-c3ccccc3)c12. The van der Waals surface area contributed by atoms with Crippen molar-refractivity contribution in [2.45, 2.75) is 6.92 Å². The highest BCUT2D eigenvalue weighted by atomic mass is 16.7. The van der Waals surface area contributed by atoms with Crippen molar-refractivity contribution in [2.75, 3.05) is 6.61 Å². The smallest absolute Gasteiger partial charge is 0.488 e. The third kappa shape index (κ3) is 2.48. The van der Waals surface area contributed by atoms with Gasteiger partial charge in [0, 0.05) is 0 Å². The minimum absolute atomic E-state index is 0.104. The van der Waals surface area contributed by atoms with E-state index in [0.29, 0.717) is 12.4 Å². The van der Waals surface area contributed by atoms with E-state index in [2.05, 4.69) is 4.98 Å². The third-order valence-electron chi connectivity index (χ3n) is 3.31. The summed E-state index contributed by atoms with van der Waals surface area (Å²) in [5.74, 6) is 0.520. The van der Waals surface area contributed by atoms with Gasteiger partial charge in [0.1, 0.15) is 0 Å². The van der Waals surface area contributed by atoms with Gasteiger partial charge in [-0.25, -0.2) is 4.79 Å². The number of carbonyl (C=O) groups is 1. The van der Waals surface area contributed by atoms with Crippen LogP contribution < -0.4 is 9.47 Å². The van der Waals surface area contributed by atoms with Crippen molar-refractivity contribution in [3.63, 3.8) is 0 Å². The summed E-state index contributed by atoms with van der Waals surface area (Å²) in [6.07, 6.45) is -1.38. The molecule has 3 rings (SSSR count). The van der Waals surface area contributed by atoms with Crippen molar-refractivity contribution in [1.82, 2.24) is 4.98 Å². The molecular weight excluding hydrogens is 282 g/mol. The van der Waals surface area contributed by atoms with E-state index in [1.54, 1.807) is 0 Å². The van der Waals surface area contributed by atoms with Crippen molar-refractivity contribution in [1.29, 1.82) is 0 Å². The fraction of sp³-hybridized carbons (Fsp3) is 0.118. The van der Waals surface area contributed by atoms with Gasteiger partial charge in [-0.2, -0.15) is 0 Å². The fourth-order valence-electron chi connectivity index (χ4n) is 2.49. The summed E-state index contributed by atoms with van der Waals surface area (Å²) in [5.41, 5.74) is 2.74. The molecule has 0 aliphatic carbocycles. The molecule has 0 aliphatic heterocycles. The first-order chi connectivity index (χ1) is 10.7. The Hall–Kier alpha value is -2.95. The average Bonchev–Trinajstić information content (AvgIpc) is 2.85. The molecule has 1 heterocycles. The Morgan fingerprint density at radius 3 is 2.59 bits per heavy atom. The van der Waals surface area contributed by atoms with E-state index in [0.717, 1.165) is 22.0 Å². The number of hydrogen-bond donors (Lipinski definition) is 2. The zero-order chi connectivity index (χ0) is 15.5. The second kappa shape index (κ2) is 5.81. The monoisotopic (exact) mass is 297 g/mol. The number of benzene rings is 2. The van der Waals surface area contributed by atoms with Gasteiger partial charge >= 0.3 is 6.16 Å². The van der Waals surface area contributed by atoms with Crippen LogP contribution in [0.3, 0.4) is 0 Å². The molecule has 1 aromatic heterocycles. The number of rotatable bonds is 4. The average molecular weight is 297 g/mol. The lowest BCUT2D eigenvalue weighted by atomic mass is 10.0. The molecule has 0 unspecified atom stereocenters. The van der Waals surface area contributed by atoms with Crippen LogP contribution in [0.4, 0.5) is 4.79 Å². The molecule has 3 aromatic rings. The summed E-state index contributed by atoms with van der Waals surface area (Å²) in [4.78, 5) is 13.8. The van der Waals surface area contributed by atoms with Gasteiger partial charge in [0.25, 0.3) is 0 Å². The molecule has 0 saturated carbocycles. The Balaban J connectivity index is 2.26. The molecule has 0 aliphatic rings. The molecule has 2 aromatic carbocycles. The molecule has 112 valence electrons. The normalized spacial score (nSPS) is 10.6. The van der Waals surface area contributed by atoms with Crippen LogP contribution in [0.25, 0.3) is 22.0 Å². The summed E-state index contributed by atoms with van der Waals surface area (Å²) in [5, 5.41) is 9.69. The van der Waals surface area contributed by atoms with Crippen molar-refractivity contribution in [2.24, 2.45) is 0 Å². The summed E-state index contributed by atoms with van der Waals surface area (Å²) in [6.45, 7) is 2.25. The van der Waals surface area contributed by atoms with E-state index in [-0.39, 0.29) is 5.88 Å². The molecule has 0 saturated heterocycles. The van der Waals surface area contributed by atoms with E-state index in [9.17, 15) is 4.79 Å². The Labute approximate surface area is 127 Å². The third-order valence-corrected chi connectivity index (χ3v) is 3.31. The number of ether oxygens (including phenoxy) is 2. The van der Waals surface area contributed by atoms with E-state index in [4.69, 9.17) is 14.6 Å². The number of aromatic nitrogens is 1. The van der Waals surface area contributed by atoms with Crippen LogP contribution in [0.5, 0.6) is 11.6 Å². The molecule has 0 atom stereocenters. The van der Waals surface area contributed by atoms with Crippen LogP contribution in [-0.2, 0) is 0 Å². The lowest BCUT2D eigenvalue weighted by Gasteiger charge is -2.08. The molecule has 0 bridgehead atoms. The van der Waals surface area contributed by atoms with Gasteiger partial charge in [-0.3, -0.25) is 0 Å². The zero-order valence-electron chi connectivity index (χ0n) is 12.0. The lowest BCUT2D eigenvalue weighted by Crippen LogP contribution is -2.04. The van der Waals surface area contributed by atoms with Gasteiger partial charge in [0.15, 0.2) is 5.75 Å². The van der Waals surface area contributed by atoms with Gasteiger partial charge in [0.2, 0.25) is 5.88 Å². The first-order valence-electron chi connectivity index (χ1n) is 6.94. The standard InChI is InChI=1S/C17H15NO4/c1-2-21-15-14-12(11-7-4-3-5-8-11)9-6-10-13(14)18-16(15)22-17(19)20/h3-10,18H,2H2,1H3,(H,19,20). The zero-order valence-corrected chi connectivity index (χ0v) is 12.0. The van der Waals surface area contributed by atoms with Crippen molar-refractivity contribution >= 4 is 17.1 Å². The summed E-state index contributed by atoms with van der Waals surface area (Å²) in [7, 11) is 0. The minimum Gasteiger partial charge on any atom is -0.488 e. The van der Waals surface area contributed by atoms with E-state index in [1.165, 1.54) is 0 Å². The lowest BCUT2D eigenvalue weighted by molar-refractivity contribution is 0.140. The Bertz CT molecular complexity index is 808. The molecule has 5 heteroatoms. The topological polar surface area (TPSA) is 71.6 Å².